The van der Waals surface area contributed by atoms with Crippen molar-refractivity contribution in [2.75, 3.05) is 13.1 Å². The molecule has 0 aliphatic heterocycles. The third-order valence-corrected chi connectivity index (χ3v) is 6.68. The molecule has 0 radical (unpaired) electrons. The molecule has 0 saturated heterocycles. The Morgan fingerprint density at radius 1 is 1.03 bits per heavy atom. The molecule has 2 aromatic rings. The van der Waals surface area contributed by atoms with Crippen LogP contribution >= 0.6 is 23.2 Å². The van der Waals surface area contributed by atoms with Crippen LogP contribution in [-0.4, -0.2) is 37.9 Å². The van der Waals surface area contributed by atoms with Crippen LogP contribution in [0.4, 0.5) is 0 Å². The van der Waals surface area contributed by atoms with E-state index in [1.807, 2.05) is 13.8 Å². The first kappa shape index (κ1) is 23.3. The van der Waals surface area contributed by atoms with Gasteiger partial charge in [0.15, 0.2) is 0 Å². The number of hydrazone groups is 1. The minimum Gasteiger partial charge on any atom is -0.267 e. The van der Waals surface area contributed by atoms with Gasteiger partial charge in [0, 0.05) is 18.7 Å². The zero-order chi connectivity index (χ0) is 21.4. The lowest BCUT2D eigenvalue weighted by Gasteiger charge is -2.21. The minimum absolute atomic E-state index is 0.162. The number of nitrogens with zero attached hydrogens (tertiary/aromatic N) is 2. The lowest BCUT2D eigenvalue weighted by molar-refractivity contribution is 0.0955. The summed E-state index contributed by atoms with van der Waals surface area (Å²) in [6, 6.07) is 10.8. The molecule has 0 aliphatic carbocycles. The van der Waals surface area contributed by atoms with Crippen LogP contribution in [0.3, 0.4) is 0 Å². The lowest BCUT2D eigenvalue weighted by atomic mass is 10.2. The Hall–Kier alpha value is -1.93. The van der Waals surface area contributed by atoms with E-state index in [1.165, 1.54) is 34.8 Å². The van der Waals surface area contributed by atoms with Crippen molar-refractivity contribution in [2.24, 2.45) is 5.10 Å². The van der Waals surface area contributed by atoms with E-state index < -0.39 is 15.9 Å². The van der Waals surface area contributed by atoms with Crippen LogP contribution in [0.1, 0.15) is 42.6 Å². The maximum atomic E-state index is 12.8. The van der Waals surface area contributed by atoms with E-state index in [-0.39, 0.29) is 4.90 Å². The zero-order valence-corrected chi connectivity index (χ0v) is 18.6. The maximum Gasteiger partial charge on any atom is 0.271 e. The van der Waals surface area contributed by atoms with Gasteiger partial charge in [-0.05, 0) is 54.8 Å². The van der Waals surface area contributed by atoms with E-state index in [0.717, 1.165) is 12.8 Å². The molecule has 0 bridgehead atoms. The fourth-order valence-corrected chi connectivity index (χ4v) is 4.53. The highest BCUT2D eigenvalue weighted by molar-refractivity contribution is 7.89. The smallest absolute Gasteiger partial charge is 0.267 e. The highest BCUT2D eigenvalue weighted by Crippen LogP contribution is 2.22. The number of hydrogen-bond donors (Lipinski definition) is 1. The van der Waals surface area contributed by atoms with Crippen molar-refractivity contribution in [3.8, 4) is 0 Å². The molecular weight excluding hydrogens is 433 g/mol. The van der Waals surface area contributed by atoms with E-state index in [1.54, 1.807) is 18.2 Å². The summed E-state index contributed by atoms with van der Waals surface area (Å²) in [5.41, 5.74) is 3.37. The van der Waals surface area contributed by atoms with Crippen LogP contribution < -0.4 is 5.43 Å². The predicted octanol–water partition coefficient (Wildman–Crippen LogP) is 4.57. The summed E-state index contributed by atoms with van der Waals surface area (Å²) >= 11 is 11.8. The molecule has 0 fully saturated rings. The fourth-order valence-electron chi connectivity index (χ4n) is 2.60. The molecule has 1 N–H and O–H groups in total. The first-order chi connectivity index (χ1) is 13.8. The van der Waals surface area contributed by atoms with Gasteiger partial charge in [0.05, 0.1) is 21.2 Å². The number of amides is 1. The molecule has 0 atom stereocenters. The van der Waals surface area contributed by atoms with Crippen molar-refractivity contribution < 1.29 is 13.2 Å². The molecule has 9 heteroatoms. The van der Waals surface area contributed by atoms with Crippen molar-refractivity contribution in [3.63, 3.8) is 0 Å². The van der Waals surface area contributed by atoms with E-state index >= 15 is 0 Å². The van der Waals surface area contributed by atoms with Crippen molar-refractivity contribution >= 4 is 45.3 Å². The van der Waals surface area contributed by atoms with Crippen LogP contribution in [0.5, 0.6) is 0 Å². The SMILES string of the molecule is CCCN(CCC)S(=O)(=O)c1ccc(C(=O)NN=Cc2ccc(Cl)c(Cl)c2)cc1. The van der Waals surface area contributed by atoms with Gasteiger partial charge in [-0.1, -0.05) is 43.1 Å². The molecule has 0 saturated carbocycles. The van der Waals surface area contributed by atoms with Crippen molar-refractivity contribution in [1.82, 2.24) is 9.73 Å². The number of sulfonamides is 1. The Labute approximate surface area is 181 Å². The van der Waals surface area contributed by atoms with E-state index in [2.05, 4.69) is 10.5 Å². The van der Waals surface area contributed by atoms with Crippen LogP contribution in [0.25, 0.3) is 0 Å². The molecule has 2 aromatic carbocycles. The normalized spacial score (nSPS) is 11.9. The quantitative estimate of drug-likeness (QED) is 0.444. The van der Waals surface area contributed by atoms with Crippen molar-refractivity contribution in [2.45, 2.75) is 31.6 Å². The van der Waals surface area contributed by atoms with Gasteiger partial charge in [-0.3, -0.25) is 4.79 Å². The number of nitrogens with one attached hydrogen (secondary N) is 1. The second-order valence-corrected chi connectivity index (χ2v) is 9.05. The Balaban J connectivity index is 2.07. The Kier molecular flexibility index (Phi) is 8.64. The molecule has 0 aromatic heterocycles. The second-order valence-electron chi connectivity index (χ2n) is 6.30. The van der Waals surface area contributed by atoms with Gasteiger partial charge in [-0.2, -0.15) is 9.41 Å². The number of benzene rings is 2. The van der Waals surface area contributed by atoms with E-state index in [9.17, 15) is 13.2 Å². The number of carbonyl (C=O) groups is 1. The molecule has 2 rings (SSSR count). The van der Waals surface area contributed by atoms with Gasteiger partial charge < -0.3 is 0 Å². The Morgan fingerprint density at radius 2 is 1.66 bits per heavy atom. The molecule has 1 amide bonds. The van der Waals surface area contributed by atoms with Gasteiger partial charge in [-0.15, -0.1) is 0 Å². The summed E-state index contributed by atoms with van der Waals surface area (Å²) in [7, 11) is -3.58. The molecule has 0 unspecified atom stereocenters. The third-order valence-electron chi connectivity index (χ3n) is 4.02. The van der Waals surface area contributed by atoms with Crippen LogP contribution in [0.2, 0.25) is 10.0 Å². The molecule has 0 spiro atoms. The largest absolute Gasteiger partial charge is 0.271 e. The van der Waals surface area contributed by atoms with E-state index in [0.29, 0.717) is 34.3 Å². The number of carbonyl (C=O) groups excluding carboxylic acids is 1. The summed E-state index contributed by atoms with van der Waals surface area (Å²) < 4.78 is 27.0. The molecular formula is C20H23Cl2N3O3S. The average molecular weight is 456 g/mol. The number of hydrogen-bond acceptors (Lipinski definition) is 4. The fraction of sp³-hybridized carbons (Fsp3) is 0.300. The number of rotatable bonds is 9. The molecule has 29 heavy (non-hydrogen) atoms. The summed E-state index contributed by atoms with van der Waals surface area (Å²) in [5.74, 6) is -0.454. The van der Waals surface area contributed by atoms with E-state index in [4.69, 9.17) is 23.2 Å². The highest BCUT2D eigenvalue weighted by atomic mass is 35.5. The molecule has 0 heterocycles. The van der Waals surface area contributed by atoms with Gasteiger partial charge in [0.25, 0.3) is 5.91 Å². The van der Waals surface area contributed by atoms with Gasteiger partial charge >= 0.3 is 0 Å². The minimum atomic E-state index is -3.58. The monoisotopic (exact) mass is 455 g/mol. The summed E-state index contributed by atoms with van der Waals surface area (Å²) in [6.07, 6.45) is 2.90. The lowest BCUT2D eigenvalue weighted by Crippen LogP contribution is -2.32. The van der Waals surface area contributed by atoms with Crippen LogP contribution in [-0.2, 0) is 10.0 Å². The highest BCUT2D eigenvalue weighted by Gasteiger charge is 2.23. The Bertz CT molecular complexity index is 971. The van der Waals surface area contributed by atoms with Crippen LogP contribution in [0, 0.1) is 0 Å². The van der Waals surface area contributed by atoms with Crippen molar-refractivity contribution in [1.29, 1.82) is 0 Å². The van der Waals surface area contributed by atoms with Gasteiger partial charge in [0.1, 0.15) is 0 Å². The second kappa shape index (κ2) is 10.7. The van der Waals surface area contributed by atoms with Gasteiger partial charge in [-0.25, -0.2) is 13.8 Å². The standard InChI is InChI=1S/C20H23Cl2N3O3S/c1-3-11-25(12-4-2)29(27,28)17-8-6-16(7-9-17)20(26)24-23-14-15-5-10-18(21)19(22)13-15/h5-10,13-14H,3-4,11-12H2,1-2H3,(H,24,26). The average Bonchev–Trinajstić information content (AvgIpc) is 2.70. The zero-order valence-electron chi connectivity index (χ0n) is 16.2. The summed E-state index contributed by atoms with van der Waals surface area (Å²) in [5, 5.41) is 4.70. The maximum absolute atomic E-state index is 12.8. The Morgan fingerprint density at radius 3 is 2.21 bits per heavy atom. The molecule has 0 aliphatic rings. The topological polar surface area (TPSA) is 78.8 Å². The van der Waals surface area contributed by atoms with Gasteiger partial charge in [0.2, 0.25) is 10.0 Å². The predicted molar refractivity (Wildman–Crippen MR) is 117 cm³/mol. The summed E-state index contributed by atoms with van der Waals surface area (Å²) in [4.78, 5) is 12.4. The third kappa shape index (κ3) is 6.27. The summed E-state index contributed by atoms with van der Waals surface area (Å²) in [6.45, 7) is 4.79. The van der Waals surface area contributed by atoms with Crippen LogP contribution in [0.15, 0.2) is 52.5 Å². The number of halogens is 2. The first-order valence-corrected chi connectivity index (χ1v) is 11.4. The first-order valence-electron chi connectivity index (χ1n) is 9.18. The van der Waals surface area contributed by atoms with Crippen molar-refractivity contribution in [3.05, 3.63) is 63.6 Å². The molecule has 156 valence electrons. The molecule has 6 nitrogen and oxygen atoms in total.